The zero-order valence-corrected chi connectivity index (χ0v) is 13.6. The van der Waals surface area contributed by atoms with Crippen LogP contribution in [0.25, 0.3) is 0 Å². The predicted molar refractivity (Wildman–Crippen MR) is 83.0 cm³/mol. The molecule has 106 valence electrons. The van der Waals surface area contributed by atoms with Gasteiger partial charge in [-0.25, -0.2) is 0 Å². The van der Waals surface area contributed by atoms with E-state index in [1.54, 1.807) is 7.11 Å². The lowest BCUT2D eigenvalue weighted by Gasteiger charge is -2.14. The quantitative estimate of drug-likeness (QED) is 0.770. The maximum absolute atomic E-state index is 5.76. The molecule has 0 spiro atoms. The molecule has 0 saturated heterocycles. The average Bonchev–Trinajstić information content (AvgIpc) is 2.37. The standard InChI is InChI=1S/C15H22BrNO2/c1-5-17-10-12-8-13(16)15(14(9-12)18-4)19-7-6-11(2)3/h6,8-9,17H,5,7,10H2,1-4H3. The van der Waals surface area contributed by atoms with Crippen molar-refractivity contribution in [3.05, 3.63) is 33.8 Å². The maximum Gasteiger partial charge on any atom is 0.175 e. The van der Waals surface area contributed by atoms with Gasteiger partial charge in [0.25, 0.3) is 0 Å². The van der Waals surface area contributed by atoms with Crippen LogP contribution in [0.2, 0.25) is 0 Å². The Kier molecular flexibility index (Phi) is 6.95. The number of benzene rings is 1. The number of rotatable bonds is 7. The summed E-state index contributed by atoms with van der Waals surface area (Å²) >= 11 is 3.54. The number of methoxy groups -OCH3 is 1. The first kappa shape index (κ1) is 16.1. The van der Waals surface area contributed by atoms with Gasteiger partial charge in [-0.2, -0.15) is 0 Å². The minimum Gasteiger partial charge on any atom is -0.493 e. The van der Waals surface area contributed by atoms with Crippen LogP contribution in [-0.2, 0) is 6.54 Å². The van der Waals surface area contributed by atoms with Gasteiger partial charge in [0.15, 0.2) is 11.5 Å². The third kappa shape index (κ3) is 5.25. The average molecular weight is 328 g/mol. The molecule has 0 aliphatic carbocycles. The molecule has 19 heavy (non-hydrogen) atoms. The van der Waals surface area contributed by atoms with E-state index in [-0.39, 0.29) is 0 Å². The van der Waals surface area contributed by atoms with Gasteiger partial charge in [0.1, 0.15) is 6.61 Å². The van der Waals surface area contributed by atoms with E-state index >= 15 is 0 Å². The van der Waals surface area contributed by atoms with E-state index in [1.165, 1.54) is 11.1 Å². The number of hydrogen-bond acceptors (Lipinski definition) is 3. The molecule has 1 aromatic rings. The molecule has 0 aliphatic heterocycles. The molecule has 0 amide bonds. The highest BCUT2D eigenvalue weighted by molar-refractivity contribution is 9.10. The molecule has 3 nitrogen and oxygen atoms in total. The highest BCUT2D eigenvalue weighted by atomic mass is 79.9. The molecule has 0 radical (unpaired) electrons. The fourth-order valence-electron chi connectivity index (χ4n) is 1.58. The third-order valence-electron chi connectivity index (χ3n) is 2.59. The predicted octanol–water partition coefficient (Wildman–Crippen LogP) is 3.91. The van der Waals surface area contributed by atoms with Crippen LogP contribution >= 0.6 is 15.9 Å². The molecule has 0 heterocycles. The lowest BCUT2D eigenvalue weighted by atomic mass is 10.2. The Hall–Kier alpha value is -1.00. The Labute approximate surface area is 124 Å². The van der Waals surface area contributed by atoms with Crippen LogP contribution in [0.15, 0.2) is 28.3 Å². The molecular formula is C15H22BrNO2. The number of halogens is 1. The zero-order chi connectivity index (χ0) is 14.3. The highest BCUT2D eigenvalue weighted by Gasteiger charge is 2.11. The largest absolute Gasteiger partial charge is 0.493 e. The van der Waals surface area contributed by atoms with Gasteiger partial charge in [0.2, 0.25) is 0 Å². The number of ether oxygens (including phenoxy) is 2. The molecule has 0 bridgehead atoms. The van der Waals surface area contributed by atoms with Crippen molar-refractivity contribution in [2.24, 2.45) is 0 Å². The van der Waals surface area contributed by atoms with Crippen molar-refractivity contribution in [2.45, 2.75) is 27.3 Å². The third-order valence-corrected chi connectivity index (χ3v) is 3.18. The monoisotopic (exact) mass is 327 g/mol. The Morgan fingerprint density at radius 1 is 1.37 bits per heavy atom. The first-order valence-electron chi connectivity index (χ1n) is 6.41. The number of hydrogen-bond donors (Lipinski definition) is 1. The van der Waals surface area contributed by atoms with Crippen LogP contribution in [0.4, 0.5) is 0 Å². The summed E-state index contributed by atoms with van der Waals surface area (Å²) in [6, 6.07) is 4.06. The van der Waals surface area contributed by atoms with E-state index in [4.69, 9.17) is 9.47 Å². The number of nitrogens with one attached hydrogen (secondary N) is 1. The second-order valence-electron chi connectivity index (χ2n) is 4.48. The minimum atomic E-state index is 0.545. The summed E-state index contributed by atoms with van der Waals surface area (Å²) < 4.78 is 12.1. The Morgan fingerprint density at radius 3 is 2.68 bits per heavy atom. The summed E-state index contributed by atoms with van der Waals surface area (Å²) in [5, 5.41) is 3.29. The molecule has 0 aromatic heterocycles. The molecule has 0 unspecified atom stereocenters. The summed E-state index contributed by atoms with van der Waals surface area (Å²) in [6.07, 6.45) is 2.04. The normalized spacial score (nSPS) is 10.2. The summed E-state index contributed by atoms with van der Waals surface area (Å²) in [6.45, 7) is 8.50. The summed E-state index contributed by atoms with van der Waals surface area (Å²) in [5.74, 6) is 1.50. The molecule has 0 atom stereocenters. The van der Waals surface area contributed by atoms with E-state index in [0.29, 0.717) is 6.61 Å². The van der Waals surface area contributed by atoms with E-state index in [9.17, 15) is 0 Å². The van der Waals surface area contributed by atoms with Crippen molar-refractivity contribution in [2.75, 3.05) is 20.3 Å². The van der Waals surface area contributed by atoms with Crippen LogP contribution in [0, 0.1) is 0 Å². The topological polar surface area (TPSA) is 30.5 Å². The van der Waals surface area contributed by atoms with Crippen LogP contribution in [0.1, 0.15) is 26.3 Å². The molecule has 0 fully saturated rings. The molecule has 1 rings (SSSR count). The molecular weight excluding hydrogens is 306 g/mol. The van der Waals surface area contributed by atoms with Gasteiger partial charge < -0.3 is 14.8 Å². The van der Waals surface area contributed by atoms with Crippen LogP contribution in [0.5, 0.6) is 11.5 Å². The van der Waals surface area contributed by atoms with Gasteiger partial charge in [-0.3, -0.25) is 0 Å². The Morgan fingerprint density at radius 2 is 2.11 bits per heavy atom. The smallest absolute Gasteiger partial charge is 0.175 e. The van der Waals surface area contributed by atoms with E-state index in [0.717, 1.165) is 29.1 Å². The van der Waals surface area contributed by atoms with E-state index < -0.39 is 0 Å². The van der Waals surface area contributed by atoms with Crippen molar-refractivity contribution < 1.29 is 9.47 Å². The van der Waals surface area contributed by atoms with Gasteiger partial charge in [-0.05, 0) is 60.1 Å². The Bertz CT molecular complexity index is 440. The fourth-order valence-corrected chi connectivity index (χ4v) is 2.18. The summed E-state index contributed by atoms with van der Waals surface area (Å²) in [5.41, 5.74) is 2.40. The minimum absolute atomic E-state index is 0.545. The van der Waals surface area contributed by atoms with Crippen molar-refractivity contribution in [3.8, 4) is 11.5 Å². The molecule has 4 heteroatoms. The first-order chi connectivity index (χ1) is 9.08. The SMILES string of the molecule is CCNCc1cc(Br)c(OCC=C(C)C)c(OC)c1. The molecule has 1 aromatic carbocycles. The van der Waals surface area contributed by atoms with Crippen LogP contribution in [0.3, 0.4) is 0 Å². The highest BCUT2D eigenvalue weighted by Crippen LogP contribution is 2.36. The zero-order valence-electron chi connectivity index (χ0n) is 12.0. The lowest BCUT2D eigenvalue weighted by Crippen LogP contribution is -2.12. The summed E-state index contributed by atoms with van der Waals surface area (Å²) in [4.78, 5) is 0. The van der Waals surface area contributed by atoms with Gasteiger partial charge in [0.05, 0.1) is 11.6 Å². The molecule has 1 N–H and O–H groups in total. The van der Waals surface area contributed by atoms with E-state index in [2.05, 4.69) is 48.1 Å². The maximum atomic E-state index is 5.76. The van der Waals surface area contributed by atoms with Crippen LogP contribution < -0.4 is 14.8 Å². The van der Waals surface area contributed by atoms with Crippen molar-refractivity contribution in [1.82, 2.24) is 5.32 Å². The van der Waals surface area contributed by atoms with Crippen molar-refractivity contribution >= 4 is 15.9 Å². The lowest BCUT2D eigenvalue weighted by molar-refractivity contribution is 0.323. The van der Waals surface area contributed by atoms with Gasteiger partial charge in [0, 0.05) is 6.54 Å². The molecule has 0 aliphatic rings. The van der Waals surface area contributed by atoms with Crippen molar-refractivity contribution in [3.63, 3.8) is 0 Å². The second-order valence-corrected chi connectivity index (χ2v) is 5.34. The van der Waals surface area contributed by atoms with Crippen LogP contribution in [-0.4, -0.2) is 20.3 Å². The van der Waals surface area contributed by atoms with Gasteiger partial charge in [-0.1, -0.05) is 12.5 Å². The summed E-state index contributed by atoms with van der Waals surface area (Å²) in [7, 11) is 1.66. The number of allylic oxidation sites excluding steroid dienone is 1. The molecule has 0 saturated carbocycles. The first-order valence-corrected chi connectivity index (χ1v) is 7.21. The van der Waals surface area contributed by atoms with Crippen molar-refractivity contribution in [1.29, 1.82) is 0 Å². The second kappa shape index (κ2) is 8.23. The Balaban J connectivity index is 2.88. The van der Waals surface area contributed by atoms with Gasteiger partial charge >= 0.3 is 0 Å². The van der Waals surface area contributed by atoms with Gasteiger partial charge in [-0.15, -0.1) is 0 Å². The fraction of sp³-hybridized carbons (Fsp3) is 0.467. The van der Waals surface area contributed by atoms with E-state index in [1.807, 2.05) is 12.1 Å².